The molecule has 1 unspecified atom stereocenters. The Labute approximate surface area is 230 Å². The standard InChI is InChI=1S/C30H29ClFN3O4/c1-18-25-14-23(39-17-21-2-5-22(31)13-26(21)32)6-3-19(25)8-10-34(18)16-29-33-27-7-4-20(30(36)37)12-28(27)35(29)15-24-9-11-38-24/h2-7,12-14,18,24H,8-11,15-17H2,1H3,(H,36,37)/t18?,24-/m0/s1. The van der Waals surface area contributed by atoms with Crippen LogP contribution in [-0.2, 0) is 30.9 Å². The van der Waals surface area contributed by atoms with Crippen molar-refractivity contribution in [2.45, 2.75) is 51.6 Å². The van der Waals surface area contributed by atoms with Gasteiger partial charge in [-0.05, 0) is 73.4 Å². The van der Waals surface area contributed by atoms with Gasteiger partial charge in [-0.25, -0.2) is 14.2 Å². The summed E-state index contributed by atoms with van der Waals surface area (Å²) in [4.78, 5) is 18.9. The molecule has 0 amide bonds. The van der Waals surface area contributed by atoms with Gasteiger partial charge in [-0.15, -0.1) is 0 Å². The first-order chi connectivity index (χ1) is 18.9. The zero-order chi connectivity index (χ0) is 27.1. The first-order valence-electron chi connectivity index (χ1n) is 13.1. The summed E-state index contributed by atoms with van der Waals surface area (Å²) in [5.74, 6) is 0.242. The van der Waals surface area contributed by atoms with Gasteiger partial charge in [-0.1, -0.05) is 23.7 Å². The minimum atomic E-state index is -0.954. The van der Waals surface area contributed by atoms with Crippen LogP contribution in [0.1, 0.15) is 52.3 Å². The minimum absolute atomic E-state index is 0.104. The molecule has 0 spiro atoms. The third kappa shape index (κ3) is 5.24. The van der Waals surface area contributed by atoms with Gasteiger partial charge < -0.3 is 19.1 Å². The SMILES string of the molecule is CC1c2cc(OCc3ccc(Cl)cc3F)ccc2CCN1Cc1nc2ccc(C(=O)O)cc2n1C[C@@H]1CCO1. The first-order valence-corrected chi connectivity index (χ1v) is 13.5. The second kappa shape index (κ2) is 10.6. The van der Waals surface area contributed by atoms with Crippen molar-refractivity contribution in [1.29, 1.82) is 0 Å². The number of carboxylic acid groups (broad SMARTS) is 1. The number of hydrogen-bond donors (Lipinski definition) is 1. The lowest BCUT2D eigenvalue weighted by atomic mass is 9.93. The molecule has 0 bridgehead atoms. The van der Waals surface area contributed by atoms with Gasteiger partial charge in [0.15, 0.2) is 0 Å². The van der Waals surface area contributed by atoms with Crippen molar-refractivity contribution in [1.82, 2.24) is 14.5 Å². The predicted molar refractivity (Wildman–Crippen MR) is 146 cm³/mol. The molecule has 2 aliphatic rings. The molecule has 0 saturated carbocycles. The molecule has 4 aromatic rings. The average molecular weight is 550 g/mol. The highest BCUT2D eigenvalue weighted by molar-refractivity contribution is 6.30. The molecule has 3 heterocycles. The fourth-order valence-electron chi connectivity index (χ4n) is 5.39. The normalized spacial score (nSPS) is 19.1. The van der Waals surface area contributed by atoms with Crippen LogP contribution in [-0.4, -0.2) is 44.8 Å². The van der Waals surface area contributed by atoms with Gasteiger partial charge in [0.25, 0.3) is 0 Å². The van der Waals surface area contributed by atoms with Gasteiger partial charge in [0.1, 0.15) is 24.0 Å². The van der Waals surface area contributed by atoms with E-state index < -0.39 is 5.97 Å². The van der Waals surface area contributed by atoms with Crippen molar-refractivity contribution in [3.63, 3.8) is 0 Å². The van der Waals surface area contributed by atoms with E-state index in [1.165, 1.54) is 17.2 Å². The number of carboxylic acids is 1. The summed E-state index contributed by atoms with van der Waals surface area (Å²) in [6.45, 7) is 5.17. The number of benzene rings is 3. The molecule has 0 radical (unpaired) electrons. The van der Waals surface area contributed by atoms with Crippen LogP contribution in [0.25, 0.3) is 11.0 Å². The van der Waals surface area contributed by atoms with Crippen LogP contribution in [0, 0.1) is 5.82 Å². The molecule has 7 nitrogen and oxygen atoms in total. The number of ether oxygens (including phenoxy) is 2. The maximum atomic E-state index is 14.2. The number of aromatic nitrogens is 2. The van der Waals surface area contributed by atoms with E-state index in [2.05, 4.69) is 22.5 Å². The Hall–Kier alpha value is -3.46. The number of rotatable bonds is 8. The second-order valence-electron chi connectivity index (χ2n) is 10.2. The van der Waals surface area contributed by atoms with Crippen LogP contribution in [0.5, 0.6) is 5.75 Å². The number of hydrogen-bond acceptors (Lipinski definition) is 5. The van der Waals surface area contributed by atoms with Crippen LogP contribution in [0.4, 0.5) is 4.39 Å². The third-order valence-corrected chi connectivity index (χ3v) is 8.03. The van der Waals surface area contributed by atoms with Crippen LogP contribution >= 0.6 is 11.6 Å². The van der Waals surface area contributed by atoms with Crippen molar-refractivity contribution >= 4 is 28.6 Å². The summed E-state index contributed by atoms with van der Waals surface area (Å²) in [7, 11) is 0. The number of halogens is 2. The van der Waals surface area contributed by atoms with E-state index >= 15 is 0 Å². The molecule has 9 heteroatoms. The molecule has 1 N–H and O–H groups in total. The van der Waals surface area contributed by atoms with E-state index in [1.807, 2.05) is 12.1 Å². The number of nitrogens with zero attached hydrogens (tertiary/aromatic N) is 3. The Kier molecular flexibility index (Phi) is 7.01. The van der Waals surface area contributed by atoms with Gasteiger partial charge in [-0.3, -0.25) is 4.90 Å². The fraction of sp³-hybridized carbons (Fsp3) is 0.333. The van der Waals surface area contributed by atoms with E-state index in [9.17, 15) is 14.3 Å². The molecule has 1 aromatic heterocycles. The van der Waals surface area contributed by atoms with Crippen LogP contribution in [0.2, 0.25) is 5.02 Å². The summed E-state index contributed by atoms with van der Waals surface area (Å²) in [5, 5.41) is 9.88. The third-order valence-electron chi connectivity index (χ3n) is 7.79. The lowest BCUT2D eigenvalue weighted by molar-refractivity contribution is -0.0592. The Morgan fingerprint density at radius 2 is 2.05 bits per heavy atom. The van der Waals surface area contributed by atoms with Gasteiger partial charge >= 0.3 is 5.97 Å². The fourth-order valence-corrected chi connectivity index (χ4v) is 5.55. The number of fused-ring (bicyclic) bond motifs is 2. The summed E-state index contributed by atoms with van der Waals surface area (Å²) in [6, 6.07) is 15.8. The first kappa shape index (κ1) is 25.8. The van der Waals surface area contributed by atoms with Crippen molar-refractivity contribution in [2.75, 3.05) is 13.2 Å². The highest BCUT2D eigenvalue weighted by atomic mass is 35.5. The van der Waals surface area contributed by atoms with Crippen molar-refractivity contribution in [3.8, 4) is 5.75 Å². The smallest absolute Gasteiger partial charge is 0.335 e. The second-order valence-corrected chi connectivity index (χ2v) is 10.6. The monoisotopic (exact) mass is 549 g/mol. The Morgan fingerprint density at radius 1 is 1.21 bits per heavy atom. The molecule has 2 aliphatic heterocycles. The predicted octanol–water partition coefficient (Wildman–Crippen LogP) is 6.01. The van der Waals surface area contributed by atoms with Crippen LogP contribution < -0.4 is 4.74 Å². The lowest BCUT2D eigenvalue weighted by Crippen LogP contribution is -2.36. The molecule has 202 valence electrons. The molecule has 1 saturated heterocycles. The quantitative estimate of drug-likeness (QED) is 0.290. The molecular formula is C30H29ClFN3O4. The Bertz CT molecular complexity index is 1550. The summed E-state index contributed by atoms with van der Waals surface area (Å²) in [6.07, 6.45) is 1.98. The van der Waals surface area contributed by atoms with Gasteiger partial charge in [0.2, 0.25) is 0 Å². The highest BCUT2D eigenvalue weighted by Crippen LogP contribution is 2.34. The number of carbonyl (C=O) groups is 1. The Balaban J connectivity index is 1.24. The molecule has 3 aromatic carbocycles. The molecule has 39 heavy (non-hydrogen) atoms. The molecule has 1 fully saturated rings. The van der Waals surface area contributed by atoms with E-state index in [4.69, 9.17) is 26.1 Å². The van der Waals surface area contributed by atoms with E-state index in [0.717, 1.165) is 42.9 Å². The van der Waals surface area contributed by atoms with Crippen molar-refractivity contribution < 1.29 is 23.8 Å². The number of aromatic carboxylic acids is 1. The molecule has 2 atom stereocenters. The van der Waals surface area contributed by atoms with Crippen molar-refractivity contribution in [2.24, 2.45) is 0 Å². The van der Waals surface area contributed by atoms with Crippen molar-refractivity contribution in [3.05, 3.63) is 93.5 Å². The lowest BCUT2D eigenvalue weighted by Gasteiger charge is -2.35. The summed E-state index contributed by atoms with van der Waals surface area (Å²) < 4.78 is 28.0. The maximum absolute atomic E-state index is 14.2. The van der Waals surface area contributed by atoms with Crippen LogP contribution in [0.3, 0.4) is 0 Å². The zero-order valence-corrected chi connectivity index (χ0v) is 22.3. The summed E-state index contributed by atoms with van der Waals surface area (Å²) in [5.41, 5.74) is 4.74. The average Bonchev–Trinajstić information content (AvgIpc) is 3.23. The van der Waals surface area contributed by atoms with Gasteiger partial charge in [0.05, 0.1) is 35.8 Å². The zero-order valence-electron chi connectivity index (χ0n) is 21.6. The van der Waals surface area contributed by atoms with Crippen LogP contribution in [0.15, 0.2) is 54.6 Å². The Morgan fingerprint density at radius 3 is 2.79 bits per heavy atom. The maximum Gasteiger partial charge on any atom is 0.335 e. The largest absolute Gasteiger partial charge is 0.489 e. The van der Waals surface area contributed by atoms with E-state index in [1.54, 1.807) is 30.3 Å². The highest BCUT2D eigenvalue weighted by Gasteiger charge is 2.28. The summed E-state index contributed by atoms with van der Waals surface area (Å²) >= 11 is 5.87. The van der Waals surface area contributed by atoms with Gasteiger partial charge in [-0.2, -0.15) is 0 Å². The van der Waals surface area contributed by atoms with E-state index in [-0.39, 0.29) is 30.1 Å². The molecular weight excluding hydrogens is 521 g/mol. The number of imidazole rings is 1. The minimum Gasteiger partial charge on any atom is -0.489 e. The van der Waals surface area contributed by atoms with E-state index in [0.29, 0.717) is 29.4 Å². The van der Waals surface area contributed by atoms with Gasteiger partial charge in [0, 0.05) is 29.8 Å². The molecule has 6 rings (SSSR count). The topological polar surface area (TPSA) is 76.8 Å². The molecule has 0 aliphatic carbocycles.